The lowest BCUT2D eigenvalue weighted by Crippen LogP contribution is -2.37. The third-order valence-electron chi connectivity index (χ3n) is 3.19. The van der Waals surface area contributed by atoms with Gasteiger partial charge in [0, 0.05) is 23.6 Å². The summed E-state index contributed by atoms with van der Waals surface area (Å²) in [5, 5.41) is 0.970. The highest BCUT2D eigenvalue weighted by Crippen LogP contribution is 2.30. The maximum absolute atomic E-state index is 12.0. The van der Waals surface area contributed by atoms with Crippen LogP contribution in [0.3, 0.4) is 0 Å². The number of aromatic amines is 1. The lowest BCUT2D eigenvalue weighted by atomic mass is 10.2. The highest BCUT2D eigenvalue weighted by atomic mass is 32.2. The fourth-order valence-corrected chi connectivity index (χ4v) is 3.97. The molecule has 0 amide bonds. The lowest BCUT2D eigenvalue weighted by Gasteiger charge is -2.27. The quantitative estimate of drug-likeness (QED) is 0.842. The number of hydrogen-bond acceptors (Lipinski definition) is 2. The molecule has 2 heterocycles. The highest BCUT2D eigenvalue weighted by Gasteiger charge is 2.27. The summed E-state index contributed by atoms with van der Waals surface area (Å²) in [4.78, 5) is 3.12. The van der Waals surface area contributed by atoms with Gasteiger partial charge in [-0.15, -0.1) is 0 Å². The van der Waals surface area contributed by atoms with Gasteiger partial charge in [0.05, 0.1) is 11.4 Å². The van der Waals surface area contributed by atoms with Crippen molar-refractivity contribution in [2.75, 3.05) is 16.6 Å². The molecule has 0 spiro atoms. The van der Waals surface area contributed by atoms with Gasteiger partial charge in [-0.3, -0.25) is 4.31 Å². The molecule has 0 aliphatic carbocycles. The Morgan fingerprint density at radius 3 is 2.82 bits per heavy atom. The van der Waals surface area contributed by atoms with E-state index in [1.807, 2.05) is 24.3 Å². The number of para-hydroxylation sites is 1. The van der Waals surface area contributed by atoms with Crippen LogP contribution < -0.4 is 4.31 Å². The fraction of sp³-hybridized carbons (Fsp3) is 0.333. The summed E-state index contributed by atoms with van der Waals surface area (Å²) >= 11 is 0. The molecule has 1 N–H and O–H groups in total. The fourth-order valence-electron chi connectivity index (χ4n) is 2.32. The van der Waals surface area contributed by atoms with Gasteiger partial charge in [0.25, 0.3) is 0 Å². The zero-order chi connectivity index (χ0) is 11.9. The first-order valence-corrected chi connectivity index (χ1v) is 7.36. The smallest absolute Gasteiger partial charge is 0.235 e. The molecule has 1 aliphatic rings. The van der Waals surface area contributed by atoms with E-state index in [1.54, 1.807) is 6.20 Å². The highest BCUT2D eigenvalue weighted by molar-refractivity contribution is 7.92. The number of benzene rings is 1. The largest absolute Gasteiger partial charge is 0.359 e. The van der Waals surface area contributed by atoms with Crippen molar-refractivity contribution in [2.24, 2.45) is 0 Å². The van der Waals surface area contributed by atoms with Gasteiger partial charge in [0.1, 0.15) is 0 Å². The maximum Gasteiger partial charge on any atom is 0.235 e. The van der Waals surface area contributed by atoms with E-state index >= 15 is 0 Å². The average Bonchev–Trinajstić information content (AvgIpc) is 2.72. The van der Waals surface area contributed by atoms with Crippen LogP contribution in [0.4, 0.5) is 5.69 Å². The number of nitrogens with one attached hydrogen (secondary N) is 1. The molecule has 0 atom stereocenters. The van der Waals surface area contributed by atoms with Gasteiger partial charge in [-0.05, 0) is 18.9 Å². The van der Waals surface area contributed by atoms with E-state index in [2.05, 4.69) is 4.98 Å². The van der Waals surface area contributed by atoms with Crippen LogP contribution in [0.25, 0.3) is 10.9 Å². The molecule has 0 saturated carbocycles. The first-order valence-electron chi connectivity index (χ1n) is 5.75. The van der Waals surface area contributed by atoms with Crippen LogP contribution in [0.1, 0.15) is 12.8 Å². The molecule has 17 heavy (non-hydrogen) atoms. The molecule has 90 valence electrons. The van der Waals surface area contributed by atoms with Crippen molar-refractivity contribution in [3.05, 3.63) is 30.5 Å². The van der Waals surface area contributed by atoms with Crippen molar-refractivity contribution in [1.29, 1.82) is 0 Å². The van der Waals surface area contributed by atoms with Gasteiger partial charge in [0.2, 0.25) is 10.0 Å². The summed E-state index contributed by atoms with van der Waals surface area (Å²) in [6, 6.07) is 7.77. The molecule has 3 rings (SSSR count). The van der Waals surface area contributed by atoms with E-state index in [9.17, 15) is 8.42 Å². The Morgan fingerprint density at radius 2 is 2.00 bits per heavy atom. The maximum atomic E-state index is 12.0. The number of anilines is 1. The monoisotopic (exact) mass is 250 g/mol. The molecular formula is C12H14N2O2S. The second kappa shape index (κ2) is 3.77. The third kappa shape index (κ3) is 1.70. The summed E-state index contributed by atoms with van der Waals surface area (Å²) in [6.45, 7) is 0.587. The van der Waals surface area contributed by atoms with Crippen molar-refractivity contribution < 1.29 is 8.42 Å². The standard InChI is InChI=1S/C12H14N2O2S/c15-17(16)8-4-3-7-14(17)12-9-13-11-6-2-1-5-10(11)12/h1-2,5-6,9,13H,3-4,7-8H2. The van der Waals surface area contributed by atoms with E-state index in [0.717, 1.165) is 29.4 Å². The molecule has 4 nitrogen and oxygen atoms in total. The molecular weight excluding hydrogens is 236 g/mol. The van der Waals surface area contributed by atoms with Gasteiger partial charge >= 0.3 is 0 Å². The molecule has 0 unspecified atom stereocenters. The van der Waals surface area contributed by atoms with Crippen molar-refractivity contribution in [2.45, 2.75) is 12.8 Å². The third-order valence-corrected chi connectivity index (χ3v) is 5.04. The number of aromatic nitrogens is 1. The van der Waals surface area contributed by atoms with Gasteiger partial charge < -0.3 is 4.98 Å². The Balaban J connectivity index is 2.15. The number of fused-ring (bicyclic) bond motifs is 1. The first-order chi connectivity index (χ1) is 8.18. The summed E-state index contributed by atoms with van der Waals surface area (Å²) in [5.41, 5.74) is 1.75. The molecule has 1 saturated heterocycles. The Hall–Kier alpha value is -1.49. The predicted molar refractivity (Wildman–Crippen MR) is 68.7 cm³/mol. The second-order valence-corrected chi connectivity index (χ2v) is 6.33. The van der Waals surface area contributed by atoms with Gasteiger partial charge in [-0.2, -0.15) is 0 Å². The van der Waals surface area contributed by atoms with E-state index in [4.69, 9.17) is 0 Å². The lowest BCUT2D eigenvalue weighted by molar-refractivity contribution is 0.575. The van der Waals surface area contributed by atoms with Crippen molar-refractivity contribution >= 4 is 26.6 Å². The summed E-state index contributed by atoms with van der Waals surface area (Å²) in [5.74, 6) is 0.256. The molecule has 1 aromatic carbocycles. The molecule has 5 heteroatoms. The van der Waals surface area contributed by atoms with Gasteiger partial charge in [-0.25, -0.2) is 8.42 Å². The minimum Gasteiger partial charge on any atom is -0.359 e. The number of nitrogens with zero attached hydrogens (tertiary/aromatic N) is 1. The summed E-state index contributed by atoms with van der Waals surface area (Å²) in [6.07, 6.45) is 3.48. The zero-order valence-corrected chi connectivity index (χ0v) is 10.2. The minimum atomic E-state index is -3.12. The van der Waals surface area contributed by atoms with Gasteiger partial charge in [-0.1, -0.05) is 18.2 Å². The van der Waals surface area contributed by atoms with Gasteiger partial charge in [0.15, 0.2) is 0 Å². The number of hydrogen-bond donors (Lipinski definition) is 1. The van der Waals surface area contributed by atoms with Crippen LogP contribution in [0, 0.1) is 0 Å². The number of sulfonamides is 1. The van der Waals surface area contributed by atoms with E-state index in [-0.39, 0.29) is 5.75 Å². The zero-order valence-electron chi connectivity index (χ0n) is 9.39. The summed E-state index contributed by atoms with van der Waals surface area (Å²) < 4.78 is 25.6. The Morgan fingerprint density at radius 1 is 1.18 bits per heavy atom. The van der Waals surface area contributed by atoms with Crippen LogP contribution >= 0.6 is 0 Å². The van der Waals surface area contributed by atoms with Crippen molar-refractivity contribution in [3.8, 4) is 0 Å². The Bertz CT molecular complexity index is 645. The first kappa shape index (κ1) is 10.7. The molecule has 1 aromatic heterocycles. The normalized spacial score (nSPS) is 19.6. The van der Waals surface area contributed by atoms with E-state index in [0.29, 0.717) is 6.54 Å². The number of rotatable bonds is 1. The van der Waals surface area contributed by atoms with E-state index in [1.165, 1.54) is 4.31 Å². The molecule has 0 bridgehead atoms. The van der Waals surface area contributed by atoms with Crippen LogP contribution in [-0.2, 0) is 10.0 Å². The molecule has 2 aromatic rings. The van der Waals surface area contributed by atoms with E-state index < -0.39 is 10.0 Å². The SMILES string of the molecule is O=S1(=O)CCCCN1c1c[nH]c2ccccc12. The van der Waals surface area contributed by atoms with Crippen LogP contribution in [0.2, 0.25) is 0 Å². The van der Waals surface area contributed by atoms with Crippen LogP contribution in [0.15, 0.2) is 30.5 Å². The predicted octanol–water partition coefficient (Wildman–Crippen LogP) is 2.10. The Kier molecular flexibility index (Phi) is 2.36. The van der Waals surface area contributed by atoms with Crippen molar-refractivity contribution in [3.63, 3.8) is 0 Å². The van der Waals surface area contributed by atoms with Crippen LogP contribution in [0.5, 0.6) is 0 Å². The topological polar surface area (TPSA) is 53.2 Å². The van der Waals surface area contributed by atoms with Crippen LogP contribution in [-0.4, -0.2) is 25.7 Å². The Labute approximate surface area is 100 Å². The molecule has 1 fully saturated rings. The second-order valence-electron chi connectivity index (χ2n) is 4.31. The minimum absolute atomic E-state index is 0.256. The summed E-state index contributed by atoms with van der Waals surface area (Å²) in [7, 11) is -3.12. The van der Waals surface area contributed by atoms with Crippen molar-refractivity contribution in [1.82, 2.24) is 4.98 Å². The molecule has 1 aliphatic heterocycles. The molecule has 0 radical (unpaired) electrons. The average molecular weight is 250 g/mol. The number of H-pyrrole nitrogens is 1.